The van der Waals surface area contributed by atoms with Crippen LogP contribution in [0.1, 0.15) is 67.6 Å². The van der Waals surface area contributed by atoms with E-state index in [1.54, 1.807) is 6.20 Å². The van der Waals surface area contributed by atoms with E-state index in [1.807, 2.05) is 32.0 Å². The Balaban J connectivity index is 0.00000180. The molecule has 2 unspecified atom stereocenters. The van der Waals surface area contributed by atoms with Gasteiger partial charge in [0.15, 0.2) is 11.6 Å². The lowest BCUT2D eigenvalue weighted by Crippen LogP contribution is -2.35. The normalized spacial score (nSPS) is 19.0. The van der Waals surface area contributed by atoms with Crippen LogP contribution in [0.2, 0.25) is 0 Å². The first-order valence-corrected chi connectivity index (χ1v) is 13.8. The molecule has 7 nitrogen and oxygen atoms in total. The van der Waals surface area contributed by atoms with Gasteiger partial charge in [-0.05, 0) is 50.5 Å². The predicted molar refractivity (Wildman–Crippen MR) is 152 cm³/mol. The predicted octanol–water partition coefficient (Wildman–Crippen LogP) is 7.04. The number of aromatic nitrogens is 3. The Kier molecular flexibility index (Phi) is 8.45. The van der Waals surface area contributed by atoms with Crippen LogP contribution in [0.25, 0.3) is 10.9 Å². The van der Waals surface area contributed by atoms with E-state index in [0.717, 1.165) is 42.0 Å². The number of nitrogens with one attached hydrogen (secondary N) is 2. The number of aliphatic hydroxyl groups is 1. The fraction of sp³-hybridized carbons (Fsp3) is 0.312. The molecule has 4 aromatic rings. The summed E-state index contributed by atoms with van der Waals surface area (Å²) >= 11 is 0. The molecule has 0 bridgehead atoms. The quantitative estimate of drug-likeness (QED) is 0.121. The molecule has 0 amide bonds. The first-order chi connectivity index (χ1) is 20.7. The number of carbonyl (C=O) groups excluding carboxylic acids is 1. The first-order valence-electron chi connectivity index (χ1n) is 13.8. The zero-order valence-electron chi connectivity index (χ0n) is 23.8. The summed E-state index contributed by atoms with van der Waals surface area (Å²) < 4.78 is 71.0. The Hall–Kier alpha value is -4.38. The van der Waals surface area contributed by atoms with E-state index < -0.39 is 40.5 Å². The molecule has 1 aliphatic heterocycles. The molecule has 3 heterocycles. The monoisotopic (exact) mass is 597 g/mol. The highest BCUT2D eigenvalue weighted by Crippen LogP contribution is 2.46. The van der Waals surface area contributed by atoms with E-state index in [0.29, 0.717) is 25.1 Å². The second-order valence-corrected chi connectivity index (χ2v) is 11.0. The number of fused-ring (bicyclic) bond motifs is 2. The number of aldehydes is 1. The molecular formula is C32H31F4N3O4. The molecule has 6 rings (SSSR count). The summed E-state index contributed by atoms with van der Waals surface area (Å²) in [7, 11) is 1.00. The number of hydrogen-bond acceptors (Lipinski definition) is 5. The molecule has 43 heavy (non-hydrogen) atoms. The minimum absolute atomic E-state index is 0.0544. The fourth-order valence-electron chi connectivity index (χ4n) is 5.66. The zero-order chi connectivity index (χ0) is 30.9. The van der Waals surface area contributed by atoms with Crippen molar-refractivity contribution in [2.24, 2.45) is 0 Å². The van der Waals surface area contributed by atoms with Gasteiger partial charge < -0.3 is 29.3 Å². The Morgan fingerprint density at radius 3 is 2.65 bits per heavy atom. The molecule has 0 saturated carbocycles. The third kappa shape index (κ3) is 5.69. The van der Waals surface area contributed by atoms with Crippen molar-refractivity contribution >= 4 is 17.2 Å². The Bertz CT molecular complexity index is 1720. The number of hydrogen-bond donors (Lipinski definition) is 3. The molecule has 0 fully saturated rings. The maximum absolute atomic E-state index is 15.1. The summed E-state index contributed by atoms with van der Waals surface area (Å²) in [6, 6.07) is 7.12. The lowest BCUT2D eigenvalue weighted by atomic mass is 9.81. The van der Waals surface area contributed by atoms with Crippen LogP contribution in [-0.4, -0.2) is 39.1 Å². The summed E-state index contributed by atoms with van der Waals surface area (Å²) in [5, 5.41) is 6.85. The van der Waals surface area contributed by atoms with Crippen molar-refractivity contribution in [3.8, 4) is 11.5 Å². The maximum atomic E-state index is 15.1. The van der Waals surface area contributed by atoms with Gasteiger partial charge in [0.1, 0.15) is 35.0 Å². The number of ether oxygens (including phenoxy) is 2. The molecule has 2 aromatic carbocycles. The van der Waals surface area contributed by atoms with Crippen molar-refractivity contribution in [3.63, 3.8) is 0 Å². The van der Waals surface area contributed by atoms with Crippen LogP contribution in [0.3, 0.4) is 0 Å². The number of aliphatic hydroxyl groups excluding tert-OH is 1. The first kappa shape index (κ1) is 30.1. The smallest absolute Gasteiger partial charge is 0.206 e. The number of para-hydroxylation sites is 1. The van der Waals surface area contributed by atoms with E-state index in [2.05, 4.69) is 15.0 Å². The van der Waals surface area contributed by atoms with Crippen molar-refractivity contribution in [1.29, 1.82) is 0 Å². The van der Waals surface area contributed by atoms with Gasteiger partial charge in [-0.25, -0.2) is 18.2 Å². The third-order valence-electron chi connectivity index (χ3n) is 7.62. The molecule has 226 valence electrons. The van der Waals surface area contributed by atoms with Gasteiger partial charge in [-0.3, -0.25) is 0 Å². The molecule has 3 N–H and O–H groups in total. The molecule has 2 atom stereocenters. The average molecular weight is 598 g/mol. The van der Waals surface area contributed by atoms with Crippen molar-refractivity contribution in [3.05, 3.63) is 100 Å². The van der Waals surface area contributed by atoms with Gasteiger partial charge in [-0.15, -0.1) is 0 Å². The van der Waals surface area contributed by atoms with E-state index in [9.17, 15) is 18.0 Å². The molecule has 1 aliphatic carbocycles. The minimum Gasteiger partial charge on any atom is -0.487 e. The van der Waals surface area contributed by atoms with Crippen LogP contribution in [0.4, 0.5) is 17.6 Å². The van der Waals surface area contributed by atoms with Crippen LogP contribution in [0, 0.1) is 17.5 Å². The number of H-pyrrole nitrogens is 2. The van der Waals surface area contributed by atoms with Gasteiger partial charge in [0.25, 0.3) is 0 Å². The maximum Gasteiger partial charge on any atom is 0.206 e. The van der Waals surface area contributed by atoms with E-state index in [1.165, 1.54) is 18.3 Å². The SMILES string of the molecule is CC1(C)CC(c2cnc(C3CC(Oc4c(F)c(F)c5[nH]ccc5c4F)=CC=C3F)[nH]2)c2cccc(CCC=O)c2O1.CO. The number of aromatic amines is 2. The number of imidazole rings is 1. The van der Waals surface area contributed by atoms with Gasteiger partial charge in [0.2, 0.25) is 11.6 Å². The van der Waals surface area contributed by atoms with Gasteiger partial charge in [-0.2, -0.15) is 4.39 Å². The number of aryl methyl sites for hydroxylation is 1. The molecule has 2 aliphatic rings. The Morgan fingerprint density at radius 1 is 1.09 bits per heavy atom. The van der Waals surface area contributed by atoms with E-state index in [-0.39, 0.29) is 29.0 Å². The van der Waals surface area contributed by atoms with Gasteiger partial charge in [0.05, 0.1) is 11.4 Å². The number of benzene rings is 2. The fourth-order valence-corrected chi connectivity index (χ4v) is 5.66. The lowest BCUT2D eigenvalue weighted by Gasteiger charge is -2.38. The highest BCUT2D eigenvalue weighted by atomic mass is 19.2. The minimum atomic E-state index is -1.47. The standard InChI is InChI=1S/C31H27F4N3O3.CH4O/c1-31(2)14-21(18-7-3-5-16(6-4-12-39)28(18)41-31)23-15-37-30(38-23)20-13-17(8-9-22(20)32)40-29-24(33)19-10-11-36-27(19)25(34)26(29)35;1-2/h3,5,7-12,15,20-21,36H,4,6,13-14H2,1-2H3,(H,37,38);2H,1H3. The highest BCUT2D eigenvalue weighted by molar-refractivity contribution is 5.82. The number of halogens is 4. The van der Waals surface area contributed by atoms with Crippen molar-refractivity contribution < 1.29 is 36.9 Å². The second kappa shape index (κ2) is 12.1. The van der Waals surface area contributed by atoms with E-state index >= 15 is 4.39 Å². The molecule has 0 spiro atoms. The summed E-state index contributed by atoms with van der Waals surface area (Å²) in [4.78, 5) is 21.2. The van der Waals surface area contributed by atoms with Crippen molar-refractivity contribution in [2.45, 2.75) is 57.0 Å². The van der Waals surface area contributed by atoms with Crippen molar-refractivity contribution in [2.75, 3.05) is 7.11 Å². The van der Waals surface area contributed by atoms with Crippen LogP contribution in [0.15, 0.2) is 60.4 Å². The largest absolute Gasteiger partial charge is 0.487 e. The summed E-state index contributed by atoms with van der Waals surface area (Å²) in [5.41, 5.74) is 1.83. The summed E-state index contributed by atoms with van der Waals surface area (Å²) in [6.07, 6.45) is 7.72. The third-order valence-corrected chi connectivity index (χ3v) is 7.62. The van der Waals surface area contributed by atoms with Gasteiger partial charge in [-0.1, -0.05) is 18.2 Å². The number of nitrogens with zero attached hydrogens (tertiary/aromatic N) is 1. The zero-order valence-corrected chi connectivity index (χ0v) is 23.8. The Labute approximate surface area is 245 Å². The van der Waals surface area contributed by atoms with E-state index in [4.69, 9.17) is 14.6 Å². The molecule has 0 saturated heterocycles. The number of allylic oxidation sites excluding steroid dienone is 4. The average Bonchev–Trinajstić information content (AvgIpc) is 3.69. The van der Waals surface area contributed by atoms with Crippen LogP contribution in [0.5, 0.6) is 11.5 Å². The van der Waals surface area contributed by atoms with Gasteiger partial charge >= 0.3 is 0 Å². The molecule has 2 aromatic heterocycles. The second-order valence-electron chi connectivity index (χ2n) is 11.0. The van der Waals surface area contributed by atoms with Gasteiger partial charge in [0, 0.05) is 54.9 Å². The lowest BCUT2D eigenvalue weighted by molar-refractivity contribution is -0.107. The summed E-state index contributed by atoms with van der Waals surface area (Å²) in [6.45, 7) is 3.97. The highest BCUT2D eigenvalue weighted by Gasteiger charge is 2.37. The topological polar surface area (TPSA) is 100 Å². The van der Waals surface area contributed by atoms with Crippen molar-refractivity contribution in [1.82, 2.24) is 15.0 Å². The molecule has 0 radical (unpaired) electrons. The van der Waals surface area contributed by atoms with Crippen LogP contribution >= 0.6 is 0 Å². The summed E-state index contributed by atoms with van der Waals surface area (Å²) in [5.74, 6) is -5.10. The number of rotatable bonds is 7. The molecular weight excluding hydrogens is 566 g/mol. The van der Waals surface area contributed by atoms with Crippen LogP contribution < -0.4 is 9.47 Å². The van der Waals surface area contributed by atoms with Crippen LogP contribution in [-0.2, 0) is 11.2 Å². The Morgan fingerprint density at radius 2 is 1.88 bits per heavy atom. The number of carbonyl (C=O) groups is 1. The molecule has 11 heteroatoms.